The fourth-order valence-electron chi connectivity index (χ4n) is 1.41. The Balaban J connectivity index is 2.75. The molecule has 1 aromatic carbocycles. The third kappa shape index (κ3) is 5.21. The number of allylic oxidation sites excluding steroid dienone is 1. The van der Waals surface area contributed by atoms with Crippen LogP contribution in [0.4, 0.5) is 0 Å². The Morgan fingerprint density at radius 3 is 2.37 bits per heavy atom. The van der Waals surface area contributed by atoms with Gasteiger partial charge in [0, 0.05) is 6.08 Å². The second kappa shape index (κ2) is 7.87. The molecule has 0 radical (unpaired) electrons. The average molecular weight is 260 g/mol. The highest BCUT2D eigenvalue weighted by Crippen LogP contribution is 2.05. The maximum absolute atomic E-state index is 11.5. The van der Waals surface area contributed by atoms with E-state index in [4.69, 9.17) is 0 Å². The molecule has 0 unspecified atom stereocenters. The molecule has 4 nitrogen and oxygen atoms in total. The van der Waals surface area contributed by atoms with Gasteiger partial charge in [0.15, 0.2) is 0 Å². The molecule has 0 atom stereocenters. The Bertz CT molecular complexity index is 486. The number of esters is 2. The van der Waals surface area contributed by atoms with Gasteiger partial charge in [0.05, 0.1) is 19.8 Å². The molecule has 4 heteroatoms. The third-order valence-corrected chi connectivity index (χ3v) is 2.39. The molecular formula is C15H16O4. The summed E-state index contributed by atoms with van der Waals surface area (Å²) in [6.45, 7) is 0. The molecule has 0 aromatic heterocycles. The molecule has 19 heavy (non-hydrogen) atoms. The maximum Gasteiger partial charge on any atom is 0.338 e. The number of hydrogen-bond donors (Lipinski definition) is 0. The lowest BCUT2D eigenvalue weighted by Crippen LogP contribution is -2.06. The lowest BCUT2D eigenvalue weighted by atomic mass is 10.1. The molecule has 0 saturated heterocycles. The van der Waals surface area contributed by atoms with Crippen LogP contribution in [0.1, 0.15) is 5.56 Å². The van der Waals surface area contributed by atoms with Gasteiger partial charge in [-0.1, -0.05) is 42.5 Å². The lowest BCUT2D eigenvalue weighted by molar-refractivity contribution is -0.138. The fourth-order valence-corrected chi connectivity index (χ4v) is 1.41. The summed E-state index contributed by atoms with van der Waals surface area (Å²) in [5, 5.41) is 0. The molecule has 0 N–H and O–H groups in total. The van der Waals surface area contributed by atoms with Gasteiger partial charge in [0.2, 0.25) is 0 Å². The van der Waals surface area contributed by atoms with Crippen LogP contribution in [-0.2, 0) is 25.5 Å². The lowest BCUT2D eigenvalue weighted by Gasteiger charge is -2.00. The van der Waals surface area contributed by atoms with Crippen LogP contribution < -0.4 is 0 Å². The quantitative estimate of drug-likeness (QED) is 0.462. The van der Waals surface area contributed by atoms with Crippen LogP contribution in [0.2, 0.25) is 0 Å². The number of benzene rings is 1. The minimum atomic E-state index is -0.593. The van der Waals surface area contributed by atoms with Gasteiger partial charge >= 0.3 is 11.9 Å². The molecule has 1 aromatic rings. The summed E-state index contributed by atoms with van der Waals surface area (Å²) in [4.78, 5) is 22.6. The van der Waals surface area contributed by atoms with Crippen molar-refractivity contribution in [3.05, 3.63) is 59.7 Å². The predicted octanol–water partition coefficient (Wildman–Crippen LogP) is 2.06. The topological polar surface area (TPSA) is 52.6 Å². The molecule has 0 aliphatic heterocycles. The van der Waals surface area contributed by atoms with E-state index in [2.05, 4.69) is 9.47 Å². The Morgan fingerprint density at radius 2 is 1.79 bits per heavy atom. The standard InChI is InChI=1S/C15H16O4/c1-18-14(16)11-13(15(17)19-2)10-6-9-12-7-4-3-5-8-12/h3-8,10-11H,9H2,1-2H3/b10-6-,13-11-. The van der Waals surface area contributed by atoms with Crippen molar-refractivity contribution in [3.8, 4) is 0 Å². The number of rotatable bonds is 5. The van der Waals surface area contributed by atoms with E-state index in [1.54, 1.807) is 12.2 Å². The van der Waals surface area contributed by atoms with Crippen molar-refractivity contribution in [2.24, 2.45) is 0 Å². The fraction of sp³-hybridized carbons (Fsp3) is 0.200. The van der Waals surface area contributed by atoms with Crippen LogP contribution in [0.5, 0.6) is 0 Å². The predicted molar refractivity (Wildman–Crippen MR) is 71.4 cm³/mol. The normalized spacial score (nSPS) is 11.4. The third-order valence-electron chi connectivity index (χ3n) is 2.39. The van der Waals surface area contributed by atoms with Crippen LogP contribution >= 0.6 is 0 Å². The molecule has 1 rings (SSSR count). The summed E-state index contributed by atoms with van der Waals surface area (Å²) < 4.78 is 9.08. The zero-order valence-corrected chi connectivity index (χ0v) is 11.0. The molecule has 0 spiro atoms. The molecular weight excluding hydrogens is 244 g/mol. The van der Waals surface area contributed by atoms with Gasteiger partial charge in [-0.2, -0.15) is 0 Å². The summed E-state index contributed by atoms with van der Waals surface area (Å²) in [6, 6.07) is 9.77. The molecule has 0 amide bonds. The average Bonchev–Trinajstić information content (AvgIpc) is 2.46. The molecule has 0 aliphatic carbocycles. The number of carbonyl (C=O) groups is 2. The Kier molecular flexibility index (Phi) is 6.09. The van der Waals surface area contributed by atoms with Gasteiger partial charge in [-0.15, -0.1) is 0 Å². The maximum atomic E-state index is 11.5. The minimum absolute atomic E-state index is 0.158. The summed E-state index contributed by atoms with van der Waals surface area (Å²) in [7, 11) is 2.51. The van der Waals surface area contributed by atoms with Crippen molar-refractivity contribution >= 4 is 11.9 Å². The molecule has 0 bridgehead atoms. The summed E-state index contributed by atoms with van der Waals surface area (Å²) >= 11 is 0. The summed E-state index contributed by atoms with van der Waals surface area (Å²) in [5.74, 6) is -1.17. The van der Waals surface area contributed by atoms with E-state index in [9.17, 15) is 9.59 Å². The van der Waals surface area contributed by atoms with Crippen molar-refractivity contribution in [2.75, 3.05) is 14.2 Å². The van der Waals surface area contributed by atoms with Gasteiger partial charge in [0.25, 0.3) is 0 Å². The van der Waals surface area contributed by atoms with Gasteiger partial charge in [-0.3, -0.25) is 0 Å². The molecule has 0 heterocycles. The minimum Gasteiger partial charge on any atom is -0.466 e. The Labute approximate surface area is 112 Å². The summed E-state index contributed by atoms with van der Waals surface area (Å²) in [6.07, 6.45) is 5.11. The van der Waals surface area contributed by atoms with Crippen LogP contribution in [0.25, 0.3) is 0 Å². The Hall–Kier alpha value is -2.36. The number of methoxy groups -OCH3 is 2. The zero-order valence-electron chi connectivity index (χ0n) is 11.0. The van der Waals surface area contributed by atoms with Gasteiger partial charge < -0.3 is 9.47 Å². The number of carbonyl (C=O) groups excluding carboxylic acids is 2. The molecule has 0 fully saturated rings. The first kappa shape index (κ1) is 14.7. The molecule has 100 valence electrons. The SMILES string of the molecule is COC(=O)/C=C(/C=C\Cc1ccccc1)C(=O)OC. The van der Waals surface area contributed by atoms with Crippen molar-refractivity contribution in [3.63, 3.8) is 0 Å². The van der Waals surface area contributed by atoms with Crippen molar-refractivity contribution in [1.29, 1.82) is 0 Å². The monoisotopic (exact) mass is 260 g/mol. The first-order valence-electron chi connectivity index (χ1n) is 5.75. The first-order chi connectivity index (χ1) is 9.17. The van der Waals surface area contributed by atoms with Gasteiger partial charge in [-0.05, 0) is 12.0 Å². The highest BCUT2D eigenvalue weighted by atomic mass is 16.5. The van der Waals surface area contributed by atoms with Crippen LogP contribution in [0.3, 0.4) is 0 Å². The van der Waals surface area contributed by atoms with Crippen LogP contribution in [-0.4, -0.2) is 26.2 Å². The molecule has 0 saturated carbocycles. The van der Waals surface area contributed by atoms with Gasteiger partial charge in [-0.25, -0.2) is 9.59 Å². The smallest absolute Gasteiger partial charge is 0.338 e. The van der Waals surface area contributed by atoms with E-state index >= 15 is 0 Å². The first-order valence-corrected chi connectivity index (χ1v) is 5.75. The van der Waals surface area contributed by atoms with Crippen molar-refractivity contribution in [2.45, 2.75) is 6.42 Å². The van der Waals surface area contributed by atoms with E-state index < -0.39 is 11.9 Å². The van der Waals surface area contributed by atoms with E-state index in [-0.39, 0.29) is 5.57 Å². The summed E-state index contributed by atoms with van der Waals surface area (Å²) in [5.41, 5.74) is 1.27. The van der Waals surface area contributed by atoms with Crippen molar-refractivity contribution in [1.82, 2.24) is 0 Å². The highest BCUT2D eigenvalue weighted by molar-refractivity contribution is 5.98. The second-order valence-electron chi connectivity index (χ2n) is 3.71. The largest absolute Gasteiger partial charge is 0.466 e. The number of ether oxygens (including phenoxy) is 2. The van der Waals surface area contributed by atoms with Crippen LogP contribution in [0, 0.1) is 0 Å². The van der Waals surface area contributed by atoms with E-state index in [0.29, 0.717) is 6.42 Å². The van der Waals surface area contributed by atoms with E-state index in [1.165, 1.54) is 14.2 Å². The van der Waals surface area contributed by atoms with E-state index in [1.807, 2.05) is 30.3 Å². The Morgan fingerprint density at radius 1 is 1.11 bits per heavy atom. The highest BCUT2D eigenvalue weighted by Gasteiger charge is 2.08. The molecule has 0 aliphatic rings. The van der Waals surface area contributed by atoms with Gasteiger partial charge in [0.1, 0.15) is 0 Å². The van der Waals surface area contributed by atoms with E-state index in [0.717, 1.165) is 11.6 Å². The van der Waals surface area contributed by atoms with Crippen LogP contribution in [0.15, 0.2) is 54.1 Å². The zero-order chi connectivity index (χ0) is 14.1. The van der Waals surface area contributed by atoms with Crippen molar-refractivity contribution < 1.29 is 19.1 Å². The number of hydrogen-bond acceptors (Lipinski definition) is 4. The second-order valence-corrected chi connectivity index (χ2v) is 3.71.